The Morgan fingerprint density at radius 3 is 2.80 bits per heavy atom. The molecule has 0 bridgehead atoms. The third-order valence-electron chi connectivity index (χ3n) is 3.71. The van der Waals surface area contributed by atoms with Crippen LogP contribution in [0.5, 0.6) is 0 Å². The number of aryl methyl sites for hydroxylation is 1. The first-order valence-corrected chi connectivity index (χ1v) is 7.61. The summed E-state index contributed by atoms with van der Waals surface area (Å²) < 4.78 is 19.9. The Labute approximate surface area is 141 Å². The number of hydrogen-bond donors (Lipinski definition) is 2. The number of halogens is 1. The van der Waals surface area contributed by atoms with Gasteiger partial charge in [0.15, 0.2) is 6.17 Å². The lowest BCUT2D eigenvalue weighted by molar-refractivity contribution is 0.427. The van der Waals surface area contributed by atoms with Gasteiger partial charge in [0.05, 0.1) is 6.26 Å². The SMILES string of the molecule is Cc1cc(=O)n2c(n1)NC(Nc1ccc(F)cc1)=NC2c1ccco1. The minimum Gasteiger partial charge on any atom is -0.465 e. The van der Waals surface area contributed by atoms with Crippen LogP contribution in [-0.2, 0) is 0 Å². The molecule has 0 spiro atoms. The van der Waals surface area contributed by atoms with Crippen molar-refractivity contribution in [2.45, 2.75) is 13.1 Å². The summed E-state index contributed by atoms with van der Waals surface area (Å²) in [6, 6.07) is 10.8. The molecule has 2 N–H and O–H groups in total. The van der Waals surface area contributed by atoms with E-state index >= 15 is 0 Å². The molecule has 0 fully saturated rings. The van der Waals surface area contributed by atoms with E-state index in [2.05, 4.69) is 20.6 Å². The molecule has 0 amide bonds. The fourth-order valence-electron chi connectivity index (χ4n) is 2.61. The van der Waals surface area contributed by atoms with E-state index in [1.54, 1.807) is 31.2 Å². The maximum atomic E-state index is 13.1. The molecule has 1 aliphatic heterocycles. The van der Waals surface area contributed by atoms with Gasteiger partial charge in [-0.15, -0.1) is 0 Å². The lowest BCUT2D eigenvalue weighted by atomic mass is 10.3. The summed E-state index contributed by atoms with van der Waals surface area (Å²) in [5, 5.41) is 6.04. The number of aliphatic imine (C=N–C) groups is 1. The number of benzene rings is 1. The maximum absolute atomic E-state index is 13.1. The average molecular weight is 339 g/mol. The lowest BCUT2D eigenvalue weighted by Crippen LogP contribution is -2.37. The van der Waals surface area contributed by atoms with Crippen molar-refractivity contribution in [3.63, 3.8) is 0 Å². The average Bonchev–Trinajstić information content (AvgIpc) is 3.10. The minimum atomic E-state index is -0.685. The fraction of sp³-hybridized carbons (Fsp3) is 0.118. The maximum Gasteiger partial charge on any atom is 0.257 e. The zero-order chi connectivity index (χ0) is 17.4. The Morgan fingerprint density at radius 2 is 2.08 bits per heavy atom. The van der Waals surface area contributed by atoms with E-state index in [0.29, 0.717) is 29.0 Å². The van der Waals surface area contributed by atoms with Gasteiger partial charge in [-0.2, -0.15) is 0 Å². The van der Waals surface area contributed by atoms with Crippen molar-refractivity contribution >= 4 is 17.6 Å². The Morgan fingerprint density at radius 1 is 1.28 bits per heavy atom. The standard InChI is InChI=1S/C17H14FN5O2/c1-10-9-14(24)23-15(13-3-2-8-25-13)21-16(22-17(23)19-10)20-12-6-4-11(18)5-7-12/h2-9,15H,1H3,(H2,19,20,21,22). The number of furan rings is 1. The van der Waals surface area contributed by atoms with E-state index in [1.807, 2.05) is 0 Å². The zero-order valence-electron chi connectivity index (χ0n) is 13.2. The highest BCUT2D eigenvalue weighted by Crippen LogP contribution is 2.26. The van der Waals surface area contributed by atoms with Crippen LogP contribution in [0.25, 0.3) is 0 Å². The molecule has 4 rings (SSSR count). The molecule has 1 unspecified atom stereocenters. The molecule has 0 saturated carbocycles. The topological polar surface area (TPSA) is 84.5 Å². The monoisotopic (exact) mass is 339 g/mol. The van der Waals surface area contributed by atoms with E-state index in [9.17, 15) is 9.18 Å². The number of aromatic nitrogens is 2. The van der Waals surface area contributed by atoms with Crippen LogP contribution in [0, 0.1) is 12.7 Å². The highest BCUT2D eigenvalue weighted by Gasteiger charge is 2.26. The predicted octanol–water partition coefficient (Wildman–Crippen LogP) is 2.72. The van der Waals surface area contributed by atoms with Crippen LogP contribution in [0.1, 0.15) is 17.6 Å². The molecule has 8 heteroatoms. The van der Waals surface area contributed by atoms with Crippen LogP contribution >= 0.6 is 0 Å². The summed E-state index contributed by atoms with van der Waals surface area (Å²) in [6.45, 7) is 1.74. The van der Waals surface area contributed by atoms with Gasteiger partial charge in [0.2, 0.25) is 11.9 Å². The van der Waals surface area contributed by atoms with Gasteiger partial charge in [0, 0.05) is 17.4 Å². The molecule has 0 aliphatic carbocycles. The number of nitrogens with zero attached hydrogens (tertiary/aromatic N) is 3. The van der Waals surface area contributed by atoms with E-state index in [-0.39, 0.29) is 11.4 Å². The molecule has 3 aromatic rings. The number of nitrogens with one attached hydrogen (secondary N) is 2. The Balaban J connectivity index is 1.76. The van der Waals surface area contributed by atoms with Crippen LogP contribution in [0.3, 0.4) is 0 Å². The second kappa shape index (κ2) is 5.90. The molecule has 0 saturated heterocycles. The quantitative estimate of drug-likeness (QED) is 0.750. The third kappa shape index (κ3) is 2.89. The first-order chi connectivity index (χ1) is 12.1. The van der Waals surface area contributed by atoms with Crippen molar-refractivity contribution in [3.05, 3.63) is 76.4 Å². The van der Waals surface area contributed by atoms with Crippen molar-refractivity contribution < 1.29 is 8.81 Å². The summed E-state index contributed by atoms with van der Waals surface area (Å²) in [5.41, 5.74) is 1.00. The van der Waals surface area contributed by atoms with Gasteiger partial charge in [0.1, 0.15) is 11.6 Å². The summed E-state index contributed by atoms with van der Waals surface area (Å²) in [5.74, 6) is 0.914. The fourth-order valence-corrected chi connectivity index (χ4v) is 2.61. The smallest absolute Gasteiger partial charge is 0.257 e. The Hall–Kier alpha value is -3.42. The Bertz CT molecular complexity index is 993. The summed E-state index contributed by atoms with van der Waals surface area (Å²) >= 11 is 0. The summed E-state index contributed by atoms with van der Waals surface area (Å²) in [6.07, 6.45) is 0.835. The van der Waals surface area contributed by atoms with E-state index < -0.39 is 6.17 Å². The largest absolute Gasteiger partial charge is 0.465 e. The van der Waals surface area contributed by atoms with Gasteiger partial charge in [-0.05, 0) is 43.3 Å². The van der Waals surface area contributed by atoms with Gasteiger partial charge < -0.3 is 9.73 Å². The van der Waals surface area contributed by atoms with Gasteiger partial charge in [0.25, 0.3) is 5.56 Å². The van der Waals surface area contributed by atoms with E-state index in [0.717, 1.165) is 0 Å². The first kappa shape index (κ1) is 15.1. The van der Waals surface area contributed by atoms with Crippen LogP contribution in [-0.4, -0.2) is 15.5 Å². The zero-order valence-corrected chi connectivity index (χ0v) is 13.2. The molecule has 1 aromatic carbocycles. The molecule has 25 heavy (non-hydrogen) atoms. The van der Waals surface area contributed by atoms with Crippen molar-refractivity contribution in [2.75, 3.05) is 10.6 Å². The second-order valence-corrected chi connectivity index (χ2v) is 5.55. The van der Waals surface area contributed by atoms with Crippen LogP contribution < -0.4 is 16.2 Å². The minimum absolute atomic E-state index is 0.235. The first-order valence-electron chi connectivity index (χ1n) is 7.61. The number of fused-ring (bicyclic) bond motifs is 1. The molecular weight excluding hydrogens is 325 g/mol. The Kier molecular flexibility index (Phi) is 3.57. The number of guanidine groups is 1. The number of anilines is 2. The third-order valence-corrected chi connectivity index (χ3v) is 3.71. The lowest BCUT2D eigenvalue weighted by Gasteiger charge is -2.25. The summed E-state index contributed by atoms with van der Waals surface area (Å²) in [4.78, 5) is 21.3. The molecule has 0 radical (unpaired) electrons. The van der Waals surface area contributed by atoms with Gasteiger partial charge >= 0.3 is 0 Å². The number of rotatable bonds is 2. The molecule has 2 aromatic heterocycles. The van der Waals surface area contributed by atoms with E-state index in [1.165, 1.54) is 29.0 Å². The van der Waals surface area contributed by atoms with E-state index in [4.69, 9.17) is 4.42 Å². The van der Waals surface area contributed by atoms with Gasteiger partial charge in [-0.1, -0.05) is 0 Å². The van der Waals surface area contributed by atoms with Crippen molar-refractivity contribution in [1.82, 2.24) is 9.55 Å². The molecule has 3 heterocycles. The van der Waals surface area contributed by atoms with Crippen LogP contribution in [0.15, 0.2) is 62.9 Å². The highest BCUT2D eigenvalue weighted by molar-refractivity contribution is 6.03. The molecule has 1 atom stereocenters. The van der Waals surface area contributed by atoms with Gasteiger partial charge in [-0.3, -0.25) is 10.1 Å². The molecule has 7 nitrogen and oxygen atoms in total. The second-order valence-electron chi connectivity index (χ2n) is 5.55. The molecule has 126 valence electrons. The number of hydrogen-bond acceptors (Lipinski definition) is 6. The normalized spacial score (nSPS) is 15.9. The van der Waals surface area contributed by atoms with Crippen molar-refractivity contribution in [1.29, 1.82) is 0 Å². The van der Waals surface area contributed by atoms with Crippen LogP contribution in [0.2, 0.25) is 0 Å². The molecular formula is C17H14FN5O2. The predicted molar refractivity (Wildman–Crippen MR) is 91.2 cm³/mol. The van der Waals surface area contributed by atoms with Crippen molar-refractivity contribution in [3.8, 4) is 0 Å². The molecule has 1 aliphatic rings. The highest BCUT2D eigenvalue weighted by atomic mass is 19.1. The van der Waals surface area contributed by atoms with Gasteiger partial charge in [-0.25, -0.2) is 18.9 Å². The summed E-state index contributed by atoms with van der Waals surface area (Å²) in [7, 11) is 0. The van der Waals surface area contributed by atoms with Crippen molar-refractivity contribution in [2.24, 2.45) is 4.99 Å². The van der Waals surface area contributed by atoms with Crippen LogP contribution in [0.4, 0.5) is 16.0 Å².